The second-order valence-corrected chi connectivity index (χ2v) is 7.32. The smallest absolute Gasteiger partial charge is 0.251 e. The highest BCUT2D eigenvalue weighted by molar-refractivity contribution is 6.30. The van der Waals surface area contributed by atoms with E-state index >= 15 is 0 Å². The molecule has 6 heteroatoms. The van der Waals surface area contributed by atoms with Crippen LogP contribution in [0.3, 0.4) is 0 Å². The van der Waals surface area contributed by atoms with Crippen molar-refractivity contribution >= 4 is 11.6 Å². The number of hydrogen-bond donors (Lipinski definition) is 1. The number of halogens is 1. The molecular weight excluding hydrogens is 374 g/mol. The van der Waals surface area contributed by atoms with Crippen molar-refractivity contribution in [3.05, 3.63) is 75.5 Å². The van der Waals surface area contributed by atoms with Crippen LogP contribution in [0, 0.1) is 0 Å². The fourth-order valence-corrected chi connectivity index (χ4v) is 3.57. The Bertz CT molecular complexity index is 993. The largest absolute Gasteiger partial charge is 0.380 e. The molecule has 1 fully saturated rings. The summed E-state index contributed by atoms with van der Waals surface area (Å²) >= 11 is 5.98. The summed E-state index contributed by atoms with van der Waals surface area (Å²) in [5, 5.41) is 0.653. The van der Waals surface area contributed by atoms with E-state index in [0.29, 0.717) is 16.5 Å². The lowest BCUT2D eigenvalue weighted by Crippen LogP contribution is -2.26. The number of ether oxygens (including phenoxy) is 1. The van der Waals surface area contributed by atoms with Crippen LogP contribution in [-0.2, 0) is 11.3 Å². The molecular formula is C22H22ClN3O2. The van der Waals surface area contributed by atoms with Gasteiger partial charge < -0.3 is 9.72 Å². The number of nitrogens with one attached hydrogen (secondary N) is 1. The van der Waals surface area contributed by atoms with Crippen LogP contribution in [0.15, 0.2) is 59.4 Å². The van der Waals surface area contributed by atoms with Crippen LogP contribution in [0.2, 0.25) is 5.02 Å². The Morgan fingerprint density at radius 1 is 1.07 bits per heavy atom. The first-order chi connectivity index (χ1) is 13.7. The summed E-state index contributed by atoms with van der Waals surface area (Å²) in [6.45, 7) is 4.28. The molecule has 0 bridgehead atoms. The standard InChI is InChI=1S/C22H22ClN3O2/c23-18-8-6-16(7-9-18)20-14-21(27)25-22(24-20)19-5-2-1-4-17(19)15-26-10-3-12-28-13-11-26/h1-2,4-9,14H,3,10-13,15H2,(H,24,25,27). The van der Waals surface area contributed by atoms with Crippen LogP contribution in [0.4, 0.5) is 0 Å². The van der Waals surface area contributed by atoms with Crippen molar-refractivity contribution < 1.29 is 4.74 Å². The van der Waals surface area contributed by atoms with E-state index in [0.717, 1.165) is 56.0 Å². The van der Waals surface area contributed by atoms with Crippen molar-refractivity contribution in [3.8, 4) is 22.6 Å². The zero-order chi connectivity index (χ0) is 19.3. The minimum absolute atomic E-state index is 0.173. The van der Waals surface area contributed by atoms with Gasteiger partial charge in [0.15, 0.2) is 0 Å². The minimum Gasteiger partial charge on any atom is -0.380 e. The Morgan fingerprint density at radius 3 is 2.75 bits per heavy atom. The van der Waals surface area contributed by atoms with Crippen molar-refractivity contribution in [2.24, 2.45) is 0 Å². The molecule has 28 heavy (non-hydrogen) atoms. The number of benzene rings is 2. The molecule has 3 aromatic rings. The van der Waals surface area contributed by atoms with E-state index in [2.05, 4.69) is 16.0 Å². The van der Waals surface area contributed by atoms with Crippen LogP contribution in [-0.4, -0.2) is 41.2 Å². The third-order valence-electron chi connectivity index (χ3n) is 4.86. The minimum atomic E-state index is -0.173. The Balaban J connectivity index is 1.69. The van der Waals surface area contributed by atoms with Crippen molar-refractivity contribution in [3.63, 3.8) is 0 Å². The summed E-state index contributed by atoms with van der Waals surface area (Å²) in [6, 6.07) is 17.0. The van der Waals surface area contributed by atoms with Crippen LogP contribution in [0.5, 0.6) is 0 Å². The Hall–Kier alpha value is -2.47. The van der Waals surface area contributed by atoms with Gasteiger partial charge in [0.2, 0.25) is 0 Å². The van der Waals surface area contributed by atoms with Crippen molar-refractivity contribution in [2.75, 3.05) is 26.3 Å². The molecule has 1 aliphatic rings. The zero-order valence-electron chi connectivity index (χ0n) is 15.5. The average Bonchev–Trinajstić information content (AvgIpc) is 2.97. The summed E-state index contributed by atoms with van der Waals surface area (Å²) in [4.78, 5) is 22.3. The maximum Gasteiger partial charge on any atom is 0.251 e. The van der Waals surface area contributed by atoms with Gasteiger partial charge in [0, 0.05) is 48.5 Å². The van der Waals surface area contributed by atoms with Crippen LogP contribution >= 0.6 is 11.6 Å². The van der Waals surface area contributed by atoms with E-state index in [9.17, 15) is 4.79 Å². The van der Waals surface area contributed by atoms with Gasteiger partial charge in [0.1, 0.15) is 5.82 Å². The molecule has 0 unspecified atom stereocenters. The number of rotatable bonds is 4. The van der Waals surface area contributed by atoms with Gasteiger partial charge in [-0.15, -0.1) is 0 Å². The lowest BCUT2D eigenvalue weighted by molar-refractivity contribution is 0.140. The lowest BCUT2D eigenvalue weighted by Gasteiger charge is -2.20. The molecule has 144 valence electrons. The summed E-state index contributed by atoms with van der Waals surface area (Å²) < 4.78 is 5.56. The zero-order valence-corrected chi connectivity index (χ0v) is 16.3. The van der Waals surface area contributed by atoms with Gasteiger partial charge in [-0.25, -0.2) is 4.98 Å². The van der Waals surface area contributed by atoms with Crippen molar-refractivity contribution in [1.82, 2.24) is 14.9 Å². The highest BCUT2D eigenvalue weighted by atomic mass is 35.5. The molecule has 5 nitrogen and oxygen atoms in total. The van der Waals surface area contributed by atoms with Gasteiger partial charge in [-0.1, -0.05) is 48.0 Å². The molecule has 0 radical (unpaired) electrons. The Kier molecular flexibility index (Phi) is 5.86. The highest BCUT2D eigenvalue weighted by Crippen LogP contribution is 2.24. The average molecular weight is 396 g/mol. The van der Waals surface area contributed by atoms with Gasteiger partial charge in [0.25, 0.3) is 5.56 Å². The molecule has 2 aromatic carbocycles. The molecule has 4 rings (SSSR count). The third kappa shape index (κ3) is 4.50. The first-order valence-corrected chi connectivity index (χ1v) is 9.82. The second kappa shape index (κ2) is 8.69. The van der Waals surface area contributed by atoms with E-state index in [-0.39, 0.29) is 5.56 Å². The molecule has 0 atom stereocenters. The van der Waals surface area contributed by atoms with Crippen LogP contribution in [0.1, 0.15) is 12.0 Å². The van der Waals surface area contributed by atoms with E-state index in [1.54, 1.807) is 12.1 Å². The van der Waals surface area contributed by atoms with Gasteiger partial charge >= 0.3 is 0 Å². The van der Waals surface area contributed by atoms with Crippen LogP contribution < -0.4 is 5.56 Å². The number of aromatic amines is 1. The van der Waals surface area contributed by atoms with E-state index in [1.807, 2.05) is 30.3 Å². The molecule has 1 saturated heterocycles. The summed E-state index contributed by atoms with van der Waals surface area (Å²) in [5.41, 5.74) is 3.40. The van der Waals surface area contributed by atoms with Crippen molar-refractivity contribution in [2.45, 2.75) is 13.0 Å². The predicted molar refractivity (Wildman–Crippen MR) is 111 cm³/mol. The monoisotopic (exact) mass is 395 g/mol. The van der Waals surface area contributed by atoms with Crippen LogP contribution in [0.25, 0.3) is 22.6 Å². The first kappa shape index (κ1) is 18.9. The molecule has 0 spiro atoms. The number of H-pyrrole nitrogens is 1. The van der Waals surface area contributed by atoms with E-state index in [4.69, 9.17) is 21.3 Å². The van der Waals surface area contributed by atoms with Gasteiger partial charge in [-0.3, -0.25) is 9.69 Å². The fraction of sp³-hybridized carbons (Fsp3) is 0.273. The molecule has 1 aliphatic heterocycles. The number of aromatic nitrogens is 2. The Labute approximate surface area is 169 Å². The SMILES string of the molecule is O=c1cc(-c2ccc(Cl)cc2)nc(-c2ccccc2CN2CCCOCC2)[nH]1. The number of hydrogen-bond acceptors (Lipinski definition) is 4. The maximum atomic E-state index is 12.3. The lowest BCUT2D eigenvalue weighted by atomic mass is 10.1. The van der Waals surface area contributed by atoms with E-state index in [1.165, 1.54) is 6.07 Å². The quantitative estimate of drug-likeness (QED) is 0.726. The normalized spacial score (nSPS) is 15.3. The molecule has 2 heterocycles. The highest BCUT2D eigenvalue weighted by Gasteiger charge is 2.14. The van der Waals surface area contributed by atoms with Crippen molar-refractivity contribution in [1.29, 1.82) is 0 Å². The summed E-state index contributed by atoms with van der Waals surface area (Å²) in [7, 11) is 0. The number of nitrogens with zero attached hydrogens (tertiary/aromatic N) is 2. The third-order valence-corrected chi connectivity index (χ3v) is 5.11. The first-order valence-electron chi connectivity index (χ1n) is 9.45. The molecule has 1 N–H and O–H groups in total. The Morgan fingerprint density at radius 2 is 1.89 bits per heavy atom. The molecule has 0 amide bonds. The molecule has 1 aromatic heterocycles. The predicted octanol–water partition coefficient (Wildman–Crippen LogP) is 3.98. The topological polar surface area (TPSA) is 58.2 Å². The maximum absolute atomic E-state index is 12.3. The molecule has 0 saturated carbocycles. The second-order valence-electron chi connectivity index (χ2n) is 6.89. The summed E-state index contributed by atoms with van der Waals surface area (Å²) in [5.74, 6) is 0.583. The molecule has 0 aliphatic carbocycles. The summed E-state index contributed by atoms with van der Waals surface area (Å²) in [6.07, 6.45) is 1.03. The van der Waals surface area contributed by atoms with Gasteiger partial charge in [0.05, 0.1) is 12.3 Å². The fourth-order valence-electron chi connectivity index (χ4n) is 3.44. The van der Waals surface area contributed by atoms with E-state index < -0.39 is 0 Å². The van der Waals surface area contributed by atoms with Gasteiger partial charge in [-0.05, 0) is 24.1 Å². The van der Waals surface area contributed by atoms with Gasteiger partial charge in [-0.2, -0.15) is 0 Å².